The van der Waals surface area contributed by atoms with Crippen LogP contribution >= 0.6 is 0 Å². The van der Waals surface area contributed by atoms with Crippen molar-refractivity contribution in [2.45, 2.75) is 284 Å². The second kappa shape index (κ2) is 50.3. The third kappa shape index (κ3) is 48.5. The molecule has 0 aliphatic heterocycles. The second-order valence-corrected chi connectivity index (χ2v) is 17.8. The number of unbranched alkanes of at least 4 members (excludes halogenated alkanes) is 31. The summed E-state index contributed by atoms with van der Waals surface area (Å²) in [6, 6.07) is 0. The fourth-order valence-electron chi connectivity index (χ4n) is 7.69. The number of allylic oxidation sites excluding steroid dienone is 6. The highest BCUT2D eigenvalue weighted by molar-refractivity contribution is 5.71. The first-order valence-electron chi connectivity index (χ1n) is 26.5. The van der Waals surface area contributed by atoms with Crippen LogP contribution in [-0.4, -0.2) is 37.2 Å². The van der Waals surface area contributed by atoms with E-state index in [2.05, 4.69) is 57.2 Å². The second-order valence-electron chi connectivity index (χ2n) is 17.8. The third-order valence-electron chi connectivity index (χ3n) is 11.7. The number of ether oxygens (including phenoxy) is 3. The summed E-state index contributed by atoms with van der Waals surface area (Å²) in [6.07, 6.45) is 58.4. The molecule has 0 amide bonds. The number of carbonyl (C=O) groups excluding carboxylic acids is 3. The Bertz CT molecular complexity index is 1030. The predicted octanol–water partition coefficient (Wildman–Crippen LogP) is 17.3. The van der Waals surface area contributed by atoms with Crippen molar-refractivity contribution in [3.05, 3.63) is 36.5 Å². The minimum absolute atomic E-state index is 0.0749. The highest BCUT2D eigenvalue weighted by atomic mass is 16.6. The molecule has 0 heterocycles. The van der Waals surface area contributed by atoms with Crippen molar-refractivity contribution < 1.29 is 28.6 Å². The number of hydrogen-bond donors (Lipinski definition) is 0. The topological polar surface area (TPSA) is 78.9 Å². The summed E-state index contributed by atoms with van der Waals surface area (Å²) in [6.45, 7) is 6.54. The van der Waals surface area contributed by atoms with Gasteiger partial charge in [-0.1, -0.05) is 243 Å². The molecule has 61 heavy (non-hydrogen) atoms. The van der Waals surface area contributed by atoms with Gasteiger partial charge < -0.3 is 14.2 Å². The molecule has 0 unspecified atom stereocenters. The van der Waals surface area contributed by atoms with E-state index in [0.717, 1.165) is 96.3 Å². The highest BCUT2D eigenvalue weighted by Gasteiger charge is 2.19. The Labute approximate surface area is 378 Å². The summed E-state index contributed by atoms with van der Waals surface area (Å²) in [5.74, 6) is -0.878. The van der Waals surface area contributed by atoms with Gasteiger partial charge in [0.15, 0.2) is 6.10 Å². The molecule has 0 fully saturated rings. The van der Waals surface area contributed by atoms with Gasteiger partial charge in [0, 0.05) is 19.3 Å². The normalized spacial score (nSPS) is 12.2. The molecule has 0 saturated heterocycles. The summed E-state index contributed by atoms with van der Waals surface area (Å²) in [4.78, 5) is 38.0. The molecule has 0 aromatic rings. The summed E-state index contributed by atoms with van der Waals surface area (Å²) in [5, 5.41) is 0. The molecular weight excluding hydrogens is 757 g/mol. The van der Waals surface area contributed by atoms with E-state index in [0.29, 0.717) is 19.3 Å². The maximum atomic E-state index is 12.8. The average molecular weight is 857 g/mol. The van der Waals surface area contributed by atoms with Crippen LogP contribution in [0.2, 0.25) is 0 Å². The molecule has 6 nitrogen and oxygen atoms in total. The first-order valence-corrected chi connectivity index (χ1v) is 26.5. The molecule has 0 spiro atoms. The minimum atomic E-state index is -0.775. The molecule has 6 heteroatoms. The van der Waals surface area contributed by atoms with Gasteiger partial charge in [-0.15, -0.1) is 0 Å². The molecule has 0 radical (unpaired) electrons. The molecule has 0 aromatic heterocycles. The van der Waals surface area contributed by atoms with Crippen molar-refractivity contribution in [3.63, 3.8) is 0 Å². The van der Waals surface area contributed by atoms with Crippen molar-refractivity contribution in [3.8, 4) is 0 Å². The van der Waals surface area contributed by atoms with Crippen molar-refractivity contribution in [1.82, 2.24) is 0 Å². The molecule has 0 bridgehead atoms. The van der Waals surface area contributed by atoms with Crippen LogP contribution in [-0.2, 0) is 28.6 Å². The van der Waals surface area contributed by atoms with E-state index in [9.17, 15) is 14.4 Å². The van der Waals surface area contributed by atoms with Gasteiger partial charge in [-0.3, -0.25) is 14.4 Å². The Morgan fingerprint density at radius 3 is 1.00 bits per heavy atom. The van der Waals surface area contributed by atoms with Gasteiger partial charge in [0.25, 0.3) is 0 Å². The highest BCUT2D eigenvalue weighted by Crippen LogP contribution is 2.16. The molecule has 0 aromatic carbocycles. The zero-order chi connectivity index (χ0) is 44.4. The van der Waals surface area contributed by atoms with E-state index in [-0.39, 0.29) is 31.1 Å². The third-order valence-corrected chi connectivity index (χ3v) is 11.7. The average Bonchev–Trinajstić information content (AvgIpc) is 3.26. The SMILES string of the molecule is CC/C=C\C/C=C\C/C=C\CCCCCCCC(=O)O[C@@H](COC(=O)CCCCCCCCCCCCCCC)COC(=O)CCCCCCCCCCCCCCCCC. The quantitative estimate of drug-likeness (QED) is 0.0262. The summed E-state index contributed by atoms with van der Waals surface area (Å²) >= 11 is 0. The Hall–Kier alpha value is -2.37. The van der Waals surface area contributed by atoms with E-state index >= 15 is 0 Å². The first-order chi connectivity index (χ1) is 30.0. The molecule has 0 saturated carbocycles. The summed E-state index contributed by atoms with van der Waals surface area (Å²) < 4.78 is 16.8. The van der Waals surface area contributed by atoms with Crippen molar-refractivity contribution in [1.29, 1.82) is 0 Å². The van der Waals surface area contributed by atoms with Gasteiger partial charge >= 0.3 is 17.9 Å². The van der Waals surface area contributed by atoms with Crippen LogP contribution in [0.15, 0.2) is 36.5 Å². The zero-order valence-corrected chi connectivity index (χ0v) is 40.7. The first kappa shape index (κ1) is 58.6. The standard InChI is InChI=1S/C55H100O6/c1-4-7-10-13-16-19-22-25-27-30-33-36-39-42-45-48-54(57)60-51-52(50-59-53(56)47-44-41-38-35-32-29-24-21-18-15-12-9-6-3)61-55(58)49-46-43-40-37-34-31-28-26-23-20-17-14-11-8-5-2/h8,11,17,20,26,28,52H,4-7,9-10,12-16,18-19,21-25,27,29-51H2,1-3H3/b11-8-,20-17-,28-26-/t52-/m0/s1. The van der Waals surface area contributed by atoms with Crippen LogP contribution in [0.4, 0.5) is 0 Å². The van der Waals surface area contributed by atoms with Crippen LogP contribution in [0.3, 0.4) is 0 Å². The minimum Gasteiger partial charge on any atom is -0.462 e. The van der Waals surface area contributed by atoms with E-state index < -0.39 is 6.10 Å². The van der Waals surface area contributed by atoms with Gasteiger partial charge in [-0.2, -0.15) is 0 Å². The Morgan fingerprint density at radius 1 is 0.344 bits per heavy atom. The van der Waals surface area contributed by atoms with Crippen molar-refractivity contribution >= 4 is 17.9 Å². The molecule has 0 aliphatic carbocycles. The maximum Gasteiger partial charge on any atom is 0.306 e. The summed E-state index contributed by atoms with van der Waals surface area (Å²) in [7, 11) is 0. The summed E-state index contributed by atoms with van der Waals surface area (Å²) in [5.41, 5.74) is 0. The molecular formula is C55H100O6. The van der Waals surface area contributed by atoms with Gasteiger partial charge in [0.2, 0.25) is 0 Å². The lowest BCUT2D eigenvalue weighted by molar-refractivity contribution is -0.167. The Kier molecular flexibility index (Phi) is 48.3. The van der Waals surface area contributed by atoms with Crippen molar-refractivity contribution in [2.75, 3.05) is 13.2 Å². The van der Waals surface area contributed by atoms with E-state index in [1.165, 1.54) is 141 Å². The van der Waals surface area contributed by atoms with Crippen LogP contribution in [0.5, 0.6) is 0 Å². The van der Waals surface area contributed by atoms with Gasteiger partial charge in [-0.25, -0.2) is 0 Å². The van der Waals surface area contributed by atoms with E-state index in [1.54, 1.807) is 0 Å². The fraction of sp³-hybridized carbons (Fsp3) is 0.836. The van der Waals surface area contributed by atoms with Crippen LogP contribution in [0, 0.1) is 0 Å². The van der Waals surface area contributed by atoms with Crippen LogP contribution in [0.1, 0.15) is 278 Å². The largest absolute Gasteiger partial charge is 0.462 e. The van der Waals surface area contributed by atoms with Gasteiger partial charge in [0.05, 0.1) is 0 Å². The molecule has 0 N–H and O–H groups in total. The lowest BCUT2D eigenvalue weighted by atomic mass is 10.0. The van der Waals surface area contributed by atoms with E-state index in [1.807, 2.05) is 0 Å². The fourth-order valence-corrected chi connectivity index (χ4v) is 7.69. The number of esters is 3. The number of carbonyl (C=O) groups is 3. The number of rotatable bonds is 48. The molecule has 0 rings (SSSR count). The zero-order valence-electron chi connectivity index (χ0n) is 40.7. The smallest absolute Gasteiger partial charge is 0.306 e. The maximum absolute atomic E-state index is 12.8. The molecule has 1 atom stereocenters. The van der Waals surface area contributed by atoms with E-state index in [4.69, 9.17) is 14.2 Å². The van der Waals surface area contributed by atoms with Gasteiger partial charge in [0.1, 0.15) is 13.2 Å². The van der Waals surface area contributed by atoms with Gasteiger partial charge in [-0.05, 0) is 51.4 Å². The molecule has 0 aliphatic rings. The number of hydrogen-bond acceptors (Lipinski definition) is 6. The predicted molar refractivity (Wildman–Crippen MR) is 261 cm³/mol. The Morgan fingerprint density at radius 2 is 0.639 bits per heavy atom. The Balaban J connectivity index is 4.37. The molecule has 356 valence electrons. The monoisotopic (exact) mass is 857 g/mol. The van der Waals surface area contributed by atoms with Crippen LogP contribution < -0.4 is 0 Å². The lowest BCUT2D eigenvalue weighted by Crippen LogP contribution is -2.30. The lowest BCUT2D eigenvalue weighted by Gasteiger charge is -2.18. The van der Waals surface area contributed by atoms with Crippen molar-refractivity contribution in [2.24, 2.45) is 0 Å². The van der Waals surface area contributed by atoms with Crippen LogP contribution in [0.25, 0.3) is 0 Å².